The number of para-hydroxylation sites is 1. The number of hydrogen-bond acceptors (Lipinski definition) is 3. The molecule has 2 aromatic heterocycles. The van der Waals surface area contributed by atoms with Gasteiger partial charge in [0, 0.05) is 22.5 Å². The van der Waals surface area contributed by atoms with Crippen LogP contribution in [-0.2, 0) is 6.54 Å². The third-order valence-electron chi connectivity index (χ3n) is 2.81. The zero-order valence-corrected chi connectivity index (χ0v) is 11.3. The Morgan fingerprint density at radius 2 is 2.21 bits per heavy atom. The van der Waals surface area contributed by atoms with Crippen LogP contribution in [0.1, 0.15) is 15.5 Å². The van der Waals surface area contributed by atoms with Gasteiger partial charge in [0.1, 0.15) is 0 Å². The second kappa shape index (κ2) is 4.68. The minimum Gasteiger partial charge on any atom is -0.476 e. The van der Waals surface area contributed by atoms with Gasteiger partial charge in [0.05, 0.1) is 17.3 Å². The number of carboxylic acids is 1. The SMILES string of the molecule is O=C(O)c1nc(Cn2cc(Cl)c3ccccc32)cs1. The molecule has 4 nitrogen and oxygen atoms in total. The Hall–Kier alpha value is -1.85. The maximum atomic E-state index is 10.8. The smallest absolute Gasteiger partial charge is 0.365 e. The van der Waals surface area contributed by atoms with Gasteiger partial charge < -0.3 is 9.67 Å². The fraction of sp³-hybridized carbons (Fsp3) is 0.0769. The molecule has 0 atom stereocenters. The Bertz CT molecular complexity index is 763. The predicted octanol–water partition coefficient (Wildman–Crippen LogP) is 3.50. The lowest BCUT2D eigenvalue weighted by Gasteiger charge is -2.01. The van der Waals surface area contributed by atoms with Crippen LogP contribution in [0.2, 0.25) is 5.02 Å². The fourth-order valence-electron chi connectivity index (χ4n) is 1.99. The molecule has 0 bridgehead atoms. The van der Waals surface area contributed by atoms with E-state index in [9.17, 15) is 4.79 Å². The van der Waals surface area contributed by atoms with Crippen LogP contribution in [0.5, 0.6) is 0 Å². The van der Waals surface area contributed by atoms with Crippen LogP contribution in [-0.4, -0.2) is 20.6 Å². The number of aromatic carboxylic acids is 1. The molecule has 0 unspecified atom stereocenters. The van der Waals surface area contributed by atoms with E-state index in [1.807, 2.05) is 35.0 Å². The molecular weight excluding hydrogens is 284 g/mol. The zero-order chi connectivity index (χ0) is 13.4. The molecule has 1 aromatic carbocycles. The summed E-state index contributed by atoms with van der Waals surface area (Å²) in [6.45, 7) is 0.511. The molecule has 3 aromatic rings. The number of carboxylic acid groups (broad SMARTS) is 1. The van der Waals surface area contributed by atoms with Crippen LogP contribution in [0.4, 0.5) is 0 Å². The molecule has 0 aliphatic carbocycles. The summed E-state index contributed by atoms with van der Waals surface area (Å²) in [4.78, 5) is 14.9. The lowest BCUT2D eigenvalue weighted by molar-refractivity contribution is 0.0696. The van der Waals surface area contributed by atoms with Gasteiger partial charge in [-0.3, -0.25) is 0 Å². The highest BCUT2D eigenvalue weighted by atomic mass is 35.5. The number of nitrogens with zero attached hydrogens (tertiary/aromatic N) is 2. The molecule has 0 radical (unpaired) electrons. The fourth-order valence-corrected chi connectivity index (χ4v) is 2.91. The average Bonchev–Trinajstić information content (AvgIpc) is 2.97. The van der Waals surface area contributed by atoms with Gasteiger partial charge in [-0.1, -0.05) is 29.8 Å². The van der Waals surface area contributed by atoms with Gasteiger partial charge in [-0.15, -0.1) is 11.3 Å². The van der Waals surface area contributed by atoms with Crippen molar-refractivity contribution >= 4 is 39.8 Å². The molecule has 0 amide bonds. The van der Waals surface area contributed by atoms with E-state index < -0.39 is 5.97 Å². The third kappa shape index (κ3) is 2.22. The van der Waals surface area contributed by atoms with Crippen molar-refractivity contribution in [3.05, 3.63) is 51.6 Å². The highest BCUT2D eigenvalue weighted by Gasteiger charge is 2.11. The van der Waals surface area contributed by atoms with Crippen molar-refractivity contribution < 1.29 is 9.90 Å². The van der Waals surface area contributed by atoms with E-state index in [0.29, 0.717) is 11.6 Å². The van der Waals surface area contributed by atoms with E-state index in [0.717, 1.165) is 27.9 Å². The number of carbonyl (C=O) groups is 1. The van der Waals surface area contributed by atoms with Crippen molar-refractivity contribution in [2.75, 3.05) is 0 Å². The van der Waals surface area contributed by atoms with Gasteiger partial charge >= 0.3 is 5.97 Å². The summed E-state index contributed by atoms with van der Waals surface area (Å²) in [7, 11) is 0. The molecule has 0 saturated heterocycles. The minimum absolute atomic E-state index is 0.109. The molecule has 6 heteroatoms. The first-order valence-corrected chi connectivity index (χ1v) is 6.82. The van der Waals surface area contributed by atoms with E-state index in [1.165, 1.54) is 0 Å². The van der Waals surface area contributed by atoms with Crippen molar-refractivity contribution in [3.63, 3.8) is 0 Å². The van der Waals surface area contributed by atoms with E-state index >= 15 is 0 Å². The van der Waals surface area contributed by atoms with Crippen LogP contribution in [0, 0.1) is 0 Å². The number of fused-ring (bicyclic) bond motifs is 1. The van der Waals surface area contributed by atoms with Crippen molar-refractivity contribution in [2.24, 2.45) is 0 Å². The minimum atomic E-state index is -0.994. The van der Waals surface area contributed by atoms with Gasteiger partial charge in [0.15, 0.2) is 0 Å². The lowest BCUT2D eigenvalue weighted by atomic mass is 10.2. The summed E-state index contributed by atoms with van der Waals surface area (Å²) in [6, 6.07) is 7.81. The van der Waals surface area contributed by atoms with Gasteiger partial charge in [-0.2, -0.15) is 0 Å². The van der Waals surface area contributed by atoms with E-state index in [4.69, 9.17) is 16.7 Å². The largest absolute Gasteiger partial charge is 0.476 e. The topological polar surface area (TPSA) is 55.1 Å². The highest BCUT2D eigenvalue weighted by Crippen LogP contribution is 2.26. The molecule has 0 fully saturated rings. The maximum absolute atomic E-state index is 10.8. The summed E-state index contributed by atoms with van der Waals surface area (Å²) in [5, 5.41) is 12.4. The molecule has 0 aliphatic rings. The number of hydrogen-bond donors (Lipinski definition) is 1. The summed E-state index contributed by atoms with van der Waals surface area (Å²) >= 11 is 7.30. The Labute approximate surface area is 117 Å². The normalized spacial score (nSPS) is 11.0. The summed E-state index contributed by atoms with van der Waals surface area (Å²) < 4.78 is 1.97. The van der Waals surface area contributed by atoms with Gasteiger partial charge in [0.2, 0.25) is 5.01 Å². The highest BCUT2D eigenvalue weighted by molar-refractivity contribution is 7.11. The standard InChI is InChI=1S/C13H9ClN2O2S/c14-10-6-16(11-4-2-1-3-9(10)11)5-8-7-19-12(15-8)13(17)18/h1-4,6-7H,5H2,(H,17,18). The molecule has 2 heterocycles. The number of aromatic nitrogens is 2. The molecule has 19 heavy (non-hydrogen) atoms. The van der Waals surface area contributed by atoms with Crippen LogP contribution < -0.4 is 0 Å². The Balaban J connectivity index is 1.98. The maximum Gasteiger partial charge on any atom is 0.365 e. The van der Waals surface area contributed by atoms with Gasteiger partial charge in [-0.05, 0) is 6.07 Å². The van der Waals surface area contributed by atoms with Crippen LogP contribution in [0.25, 0.3) is 10.9 Å². The quantitative estimate of drug-likeness (QED) is 0.804. The average molecular weight is 293 g/mol. The first-order chi connectivity index (χ1) is 9.15. The van der Waals surface area contributed by atoms with Crippen LogP contribution >= 0.6 is 22.9 Å². The van der Waals surface area contributed by atoms with E-state index in [1.54, 1.807) is 5.38 Å². The van der Waals surface area contributed by atoms with Gasteiger partial charge in [0.25, 0.3) is 0 Å². The van der Waals surface area contributed by atoms with Crippen LogP contribution in [0.15, 0.2) is 35.8 Å². The summed E-state index contributed by atoms with van der Waals surface area (Å²) in [5.74, 6) is -0.994. The number of thiazole rings is 1. The Morgan fingerprint density at radius 1 is 1.42 bits per heavy atom. The molecule has 0 saturated carbocycles. The number of rotatable bonds is 3. The molecule has 1 N–H and O–H groups in total. The van der Waals surface area contributed by atoms with Crippen molar-refractivity contribution in [1.82, 2.24) is 9.55 Å². The predicted molar refractivity (Wildman–Crippen MR) is 75.1 cm³/mol. The molecular formula is C13H9ClN2O2S. The van der Waals surface area contributed by atoms with E-state index in [-0.39, 0.29) is 5.01 Å². The Kier molecular flexibility index (Phi) is 3.00. The number of benzene rings is 1. The third-order valence-corrected chi connectivity index (χ3v) is 3.99. The molecule has 96 valence electrons. The zero-order valence-electron chi connectivity index (χ0n) is 9.71. The second-order valence-corrected chi connectivity index (χ2v) is 5.34. The van der Waals surface area contributed by atoms with Crippen molar-refractivity contribution in [1.29, 1.82) is 0 Å². The van der Waals surface area contributed by atoms with Crippen LogP contribution in [0.3, 0.4) is 0 Å². The summed E-state index contributed by atoms with van der Waals surface area (Å²) in [6.07, 6.45) is 1.84. The molecule has 0 spiro atoms. The summed E-state index contributed by atoms with van der Waals surface area (Å²) in [5.41, 5.74) is 1.73. The Morgan fingerprint density at radius 3 is 2.95 bits per heavy atom. The molecule has 3 rings (SSSR count). The first-order valence-electron chi connectivity index (χ1n) is 5.56. The van der Waals surface area contributed by atoms with Gasteiger partial charge in [-0.25, -0.2) is 9.78 Å². The van der Waals surface area contributed by atoms with E-state index in [2.05, 4.69) is 4.98 Å². The lowest BCUT2D eigenvalue weighted by Crippen LogP contribution is -2.00. The first kappa shape index (κ1) is 12.2. The van der Waals surface area contributed by atoms with Crippen molar-refractivity contribution in [3.8, 4) is 0 Å². The monoisotopic (exact) mass is 292 g/mol. The van der Waals surface area contributed by atoms with Crippen molar-refractivity contribution in [2.45, 2.75) is 6.54 Å². The number of halogens is 1. The molecule has 0 aliphatic heterocycles. The second-order valence-electron chi connectivity index (χ2n) is 4.07.